The quantitative estimate of drug-likeness (QED) is 0.294. The molecule has 12 heteroatoms. The van der Waals surface area contributed by atoms with E-state index < -0.39 is 18.0 Å². The van der Waals surface area contributed by atoms with Crippen LogP contribution in [0.4, 0.5) is 16.2 Å². The lowest BCUT2D eigenvalue weighted by Gasteiger charge is -2.38. The summed E-state index contributed by atoms with van der Waals surface area (Å²) in [7, 11) is 1.95. The maximum absolute atomic E-state index is 13.7. The van der Waals surface area contributed by atoms with Crippen LogP contribution in [-0.4, -0.2) is 82.0 Å². The number of nitrogens with zero attached hydrogens (tertiary/aromatic N) is 3. The van der Waals surface area contributed by atoms with E-state index in [2.05, 4.69) is 20.7 Å². The minimum Gasteiger partial charge on any atom is -0.488 e. The van der Waals surface area contributed by atoms with Crippen molar-refractivity contribution in [3.05, 3.63) is 70.6 Å². The molecule has 4 N–H and O–H groups in total. The summed E-state index contributed by atoms with van der Waals surface area (Å²) >= 11 is 0. The van der Waals surface area contributed by atoms with Gasteiger partial charge in [0.15, 0.2) is 5.76 Å². The Bertz CT molecular complexity index is 1420. The Hall–Kier alpha value is -4.42. The molecule has 2 heterocycles. The molecule has 1 aliphatic heterocycles. The number of carboxylic acids is 1. The summed E-state index contributed by atoms with van der Waals surface area (Å²) in [6.45, 7) is 8.44. The predicted octanol–water partition coefficient (Wildman–Crippen LogP) is 3.99. The first kappa shape index (κ1) is 30.5. The average Bonchev–Trinajstić information content (AvgIpc) is 3.27. The van der Waals surface area contributed by atoms with Gasteiger partial charge in [-0.15, -0.1) is 0 Å². The molecular formula is C30H37N5O7. The van der Waals surface area contributed by atoms with Crippen molar-refractivity contribution in [2.75, 3.05) is 37.4 Å². The Morgan fingerprint density at radius 1 is 1.17 bits per heavy atom. The van der Waals surface area contributed by atoms with Gasteiger partial charge in [-0.25, -0.2) is 9.59 Å². The minimum atomic E-state index is -0.971. The number of carbonyl (C=O) groups is 3. The number of aromatic carboxylic acids is 1. The number of carboxylic acid groups (broad SMARTS) is 1. The number of aliphatic hydroxyl groups is 1. The van der Waals surface area contributed by atoms with E-state index in [1.54, 1.807) is 68.1 Å². The second kappa shape index (κ2) is 13.0. The zero-order chi connectivity index (χ0) is 30.6. The average molecular weight is 580 g/mol. The van der Waals surface area contributed by atoms with Crippen molar-refractivity contribution in [2.45, 2.75) is 46.4 Å². The molecule has 3 atom stereocenters. The summed E-state index contributed by atoms with van der Waals surface area (Å²) < 4.78 is 11.5. The van der Waals surface area contributed by atoms with Crippen LogP contribution < -0.4 is 15.4 Å². The molecule has 224 valence electrons. The molecule has 0 fully saturated rings. The van der Waals surface area contributed by atoms with E-state index in [9.17, 15) is 19.5 Å². The summed E-state index contributed by atoms with van der Waals surface area (Å²) in [5, 5.41) is 28.4. The highest BCUT2D eigenvalue weighted by atomic mass is 16.5. The van der Waals surface area contributed by atoms with Crippen LogP contribution in [-0.2, 0) is 6.54 Å². The molecule has 1 aliphatic rings. The van der Waals surface area contributed by atoms with E-state index in [0.29, 0.717) is 48.2 Å². The summed E-state index contributed by atoms with van der Waals surface area (Å²) in [5.74, 6) is -0.505. The molecule has 0 saturated heterocycles. The summed E-state index contributed by atoms with van der Waals surface area (Å²) in [5.41, 5.74) is 2.86. The first-order chi connectivity index (χ1) is 20.0. The molecule has 1 aromatic heterocycles. The highest BCUT2D eigenvalue weighted by Crippen LogP contribution is 2.31. The van der Waals surface area contributed by atoms with Crippen molar-refractivity contribution in [1.82, 2.24) is 15.0 Å². The van der Waals surface area contributed by atoms with Crippen molar-refractivity contribution in [1.29, 1.82) is 0 Å². The lowest BCUT2D eigenvalue weighted by molar-refractivity contribution is 0.0341. The number of aromatic nitrogens is 1. The monoisotopic (exact) mass is 579 g/mol. The predicted molar refractivity (Wildman–Crippen MR) is 156 cm³/mol. The van der Waals surface area contributed by atoms with Crippen molar-refractivity contribution < 1.29 is 33.9 Å². The van der Waals surface area contributed by atoms with Gasteiger partial charge in [0.25, 0.3) is 5.91 Å². The number of anilines is 2. The van der Waals surface area contributed by atoms with Crippen molar-refractivity contribution in [2.24, 2.45) is 5.92 Å². The van der Waals surface area contributed by atoms with Gasteiger partial charge in [-0.2, -0.15) is 0 Å². The second-order valence-electron chi connectivity index (χ2n) is 10.8. The van der Waals surface area contributed by atoms with Gasteiger partial charge in [-0.3, -0.25) is 9.69 Å². The molecule has 3 aromatic rings. The van der Waals surface area contributed by atoms with Crippen LogP contribution in [0.3, 0.4) is 0 Å². The molecule has 0 saturated carbocycles. The number of aryl methyl sites for hydroxylation is 2. The van der Waals surface area contributed by atoms with Crippen molar-refractivity contribution in [3.8, 4) is 5.75 Å². The van der Waals surface area contributed by atoms with E-state index in [1.165, 1.54) is 0 Å². The van der Waals surface area contributed by atoms with Crippen LogP contribution >= 0.6 is 0 Å². The third-order valence-electron chi connectivity index (χ3n) is 7.34. The molecule has 0 spiro atoms. The summed E-state index contributed by atoms with van der Waals surface area (Å²) in [4.78, 5) is 41.3. The molecular weight excluding hydrogens is 542 g/mol. The molecule has 12 nitrogen and oxygen atoms in total. The molecule has 0 bridgehead atoms. The number of rotatable bonds is 9. The maximum atomic E-state index is 13.7. The Kier molecular flexibility index (Phi) is 9.48. The first-order valence-corrected chi connectivity index (χ1v) is 13.7. The van der Waals surface area contributed by atoms with Crippen molar-refractivity contribution >= 4 is 29.3 Å². The minimum absolute atomic E-state index is 0.0773. The second-order valence-corrected chi connectivity index (χ2v) is 10.8. The first-order valence-electron chi connectivity index (χ1n) is 13.7. The van der Waals surface area contributed by atoms with Crippen LogP contribution in [0.25, 0.3) is 0 Å². The van der Waals surface area contributed by atoms with Gasteiger partial charge in [0, 0.05) is 31.2 Å². The van der Waals surface area contributed by atoms with E-state index in [1.807, 2.05) is 14.0 Å². The summed E-state index contributed by atoms with van der Waals surface area (Å²) in [6.07, 6.45) is -0.310. The Morgan fingerprint density at radius 2 is 1.88 bits per heavy atom. The van der Waals surface area contributed by atoms with Gasteiger partial charge in [0.2, 0.25) is 0 Å². The number of hydrogen-bond donors (Lipinski definition) is 4. The standard InChI is InChI=1S/C30H37N5O7/c1-17-13-35(18(2)16-36)28(37)24-12-23(31-30(40)32-27-19(3)33-42-20(27)4)10-11-25(24)41-26(17)15-34(5)14-21-6-8-22(9-7-21)29(38)39/h6-12,17-18,26,36H,13-16H2,1-5H3,(H,38,39)(H2,31,32,40)/t17-,18+,26+/m0/s1. The molecule has 0 unspecified atom stereocenters. The number of ether oxygens (including phenoxy) is 1. The largest absolute Gasteiger partial charge is 0.488 e. The number of aliphatic hydroxyl groups excluding tert-OH is 1. The molecule has 0 aliphatic carbocycles. The van der Waals surface area contributed by atoms with Crippen LogP contribution in [0.5, 0.6) is 5.75 Å². The van der Waals surface area contributed by atoms with Crippen molar-refractivity contribution in [3.63, 3.8) is 0 Å². The van der Waals surface area contributed by atoms with Gasteiger partial charge in [0.1, 0.15) is 23.2 Å². The molecule has 2 aromatic carbocycles. The maximum Gasteiger partial charge on any atom is 0.335 e. The lowest BCUT2D eigenvalue weighted by Crippen LogP contribution is -2.49. The fourth-order valence-electron chi connectivity index (χ4n) is 4.89. The summed E-state index contributed by atoms with van der Waals surface area (Å²) in [6, 6.07) is 10.7. The number of likely N-dealkylation sites (N-methyl/N-ethyl adjacent to an activating group) is 1. The third-order valence-corrected chi connectivity index (χ3v) is 7.34. The van der Waals surface area contributed by atoms with E-state index in [4.69, 9.17) is 14.4 Å². The van der Waals surface area contributed by atoms with Gasteiger partial charge in [-0.1, -0.05) is 24.2 Å². The molecule has 4 rings (SSSR count). The molecule has 0 radical (unpaired) electrons. The number of carbonyl (C=O) groups excluding carboxylic acids is 2. The fourth-order valence-corrected chi connectivity index (χ4v) is 4.89. The topological polar surface area (TPSA) is 157 Å². The van der Waals surface area contributed by atoms with Gasteiger partial charge in [-0.05, 0) is 63.7 Å². The Morgan fingerprint density at radius 3 is 2.50 bits per heavy atom. The highest BCUT2D eigenvalue weighted by molar-refractivity contribution is 6.03. The SMILES string of the molecule is Cc1noc(C)c1NC(=O)Nc1ccc2c(c1)C(=O)N([C@H](C)CO)C[C@H](C)[C@@H](CN(C)Cc1ccc(C(=O)O)cc1)O2. The van der Waals surface area contributed by atoms with Crippen LogP contribution in [0.2, 0.25) is 0 Å². The van der Waals surface area contributed by atoms with E-state index in [0.717, 1.165) is 5.56 Å². The zero-order valence-corrected chi connectivity index (χ0v) is 24.4. The highest BCUT2D eigenvalue weighted by Gasteiger charge is 2.33. The van der Waals surface area contributed by atoms with Gasteiger partial charge < -0.3 is 35.0 Å². The van der Waals surface area contributed by atoms with Gasteiger partial charge >= 0.3 is 12.0 Å². The number of amides is 3. The Labute approximate surface area is 244 Å². The number of hydrogen-bond acceptors (Lipinski definition) is 8. The molecule has 42 heavy (non-hydrogen) atoms. The smallest absolute Gasteiger partial charge is 0.335 e. The van der Waals surface area contributed by atoms with Crippen LogP contribution in [0, 0.1) is 19.8 Å². The normalized spacial score (nSPS) is 17.6. The van der Waals surface area contributed by atoms with E-state index >= 15 is 0 Å². The molecule has 3 amide bonds. The fraction of sp³-hybridized carbons (Fsp3) is 0.400. The number of urea groups is 1. The van der Waals surface area contributed by atoms with E-state index in [-0.39, 0.29) is 35.7 Å². The third kappa shape index (κ3) is 7.07. The Balaban J connectivity index is 1.55. The van der Waals surface area contributed by atoms with Crippen LogP contribution in [0.1, 0.15) is 51.6 Å². The van der Waals surface area contributed by atoms with Gasteiger partial charge in [0.05, 0.1) is 23.8 Å². The number of benzene rings is 2. The number of fused-ring (bicyclic) bond motifs is 1. The lowest BCUT2D eigenvalue weighted by atomic mass is 9.99. The van der Waals surface area contributed by atoms with Crippen LogP contribution in [0.15, 0.2) is 47.0 Å². The zero-order valence-electron chi connectivity index (χ0n) is 24.4. The number of nitrogens with one attached hydrogen (secondary N) is 2.